The van der Waals surface area contributed by atoms with Gasteiger partial charge in [-0.3, -0.25) is 9.80 Å². The van der Waals surface area contributed by atoms with Gasteiger partial charge in [-0.2, -0.15) is 0 Å². The van der Waals surface area contributed by atoms with E-state index in [0.717, 1.165) is 62.3 Å². The fourth-order valence-corrected chi connectivity index (χ4v) is 4.04. The number of hydrogen-bond donors (Lipinski definition) is 0. The van der Waals surface area contributed by atoms with Crippen molar-refractivity contribution >= 4 is 12.4 Å². The smallest absolute Gasteiger partial charge is 0.161 e. The summed E-state index contributed by atoms with van der Waals surface area (Å²) in [5.41, 5.74) is 0. The Morgan fingerprint density at radius 2 is 1.00 bits per heavy atom. The summed E-state index contributed by atoms with van der Waals surface area (Å²) in [5.74, 6) is 3.40. The zero-order valence-corrected chi connectivity index (χ0v) is 17.2. The third-order valence-electron chi connectivity index (χ3n) is 5.52. The molecule has 0 aliphatic carbocycles. The van der Waals surface area contributed by atoms with E-state index in [1.54, 1.807) is 0 Å². The number of piperazine rings is 1. The third kappa shape index (κ3) is 4.71. The second-order valence-corrected chi connectivity index (χ2v) is 7.60. The molecule has 3 aliphatic rings. The van der Waals surface area contributed by atoms with Gasteiger partial charge in [-0.25, -0.2) is 0 Å². The van der Waals surface area contributed by atoms with E-state index in [-0.39, 0.29) is 24.6 Å². The van der Waals surface area contributed by atoms with Crippen molar-refractivity contribution in [2.24, 2.45) is 0 Å². The Morgan fingerprint density at radius 1 is 0.621 bits per heavy atom. The lowest BCUT2D eigenvalue weighted by Crippen LogP contribution is -2.53. The number of fused-ring (bicyclic) bond motifs is 2. The molecule has 0 radical (unpaired) electrons. The Labute approximate surface area is 177 Å². The van der Waals surface area contributed by atoms with Crippen LogP contribution in [0.3, 0.4) is 0 Å². The number of rotatable bonds is 4. The molecule has 5 rings (SSSR count). The molecule has 0 bridgehead atoms. The van der Waals surface area contributed by atoms with Gasteiger partial charge >= 0.3 is 0 Å². The van der Waals surface area contributed by atoms with Crippen molar-refractivity contribution < 1.29 is 18.9 Å². The molecule has 2 aromatic rings. The Hall–Kier alpha value is -2.15. The molecule has 1 saturated heterocycles. The summed E-state index contributed by atoms with van der Waals surface area (Å²) in [4.78, 5) is 4.93. The van der Waals surface area contributed by atoms with Gasteiger partial charge in [0, 0.05) is 39.3 Å². The molecule has 1 fully saturated rings. The van der Waals surface area contributed by atoms with E-state index in [4.69, 9.17) is 18.9 Å². The minimum Gasteiger partial charge on any atom is -0.486 e. The number of ether oxygens (including phenoxy) is 4. The molecule has 156 valence electrons. The Balaban J connectivity index is 0.00000205. The topological polar surface area (TPSA) is 43.4 Å². The molecule has 2 unspecified atom stereocenters. The molecule has 2 aromatic carbocycles. The van der Waals surface area contributed by atoms with Crippen LogP contribution in [0.2, 0.25) is 0 Å². The van der Waals surface area contributed by atoms with E-state index in [1.165, 1.54) is 0 Å². The first-order valence-electron chi connectivity index (χ1n) is 10.1. The summed E-state index contributed by atoms with van der Waals surface area (Å²) in [6, 6.07) is 15.8. The summed E-state index contributed by atoms with van der Waals surface area (Å²) >= 11 is 0. The highest BCUT2D eigenvalue weighted by atomic mass is 35.5. The summed E-state index contributed by atoms with van der Waals surface area (Å²) in [6.07, 6.45) is 0.182. The van der Waals surface area contributed by atoms with Crippen molar-refractivity contribution in [2.75, 3.05) is 52.5 Å². The van der Waals surface area contributed by atoms with E-state index in [9.17, 15) is 0 Å². The lowest BCUT2D eigenvalue weighted by Gasteiger charge is -2.39. The number of para-hydroxylation sites is 4. The largest absolute Gasteiger partial charge is 0.486 e. The van der Waals surface area contributed by atoms with Crippen LogP contribution in [0.25, 0.3) is 0 Å². The van der Waals surface area contributed by atoms with E-state index in [0.29, 0.717) is 13.2 Å². The maximum absolute atomic E-state index is 6.10. The molecule has 6 nitrogen and oxygen atoms in total. The van der Waals surface area contributed by atoms with Crippen LogP contribution in [0.4, 0.5) is 0 Å². The minimum absolute atomic E-state index is 0. The van der Waals surface area contributed by atoms with Crippen LogP contribution < -0.4 is 18.9 Å². The quantitative estimate of drug-likeness (QED) is 0.760. The highest BCUT2D eigenvalue weighted by Crippen LogP contribution is 2.32. The average molecular weight is 419 g/mol. The minimum atomic E-state index is 0. The van der Waals surface area contributed by atoms with Crippen LogP contribution in [-0.4, -0.2) is 74.5 Å². The average Bonchev–Trinajstić information content (AvgIpc) is 2.75. The molecule has 29 heavy (non-hydrogen) atoms. The Morgan fingerprint density at radius 3 is 1.41 bits per heavy atom. The summed E-state index contributed by atoms with van der Waals surface area (Å²) in [5, 5.41) is 0. The Kier molecular flexibility index (Phi) is 6.33. The predicted molar refractivity (Wildman–Crippen MR) is 113 cm³/mol. The normalized spacial score (nSPS) is 23.9. The number of nitrogens with zero attached hydrogens (tertiary/aromatic N) is 2. The first-order chi connectivity index (χ1) is 13.8. The first-order valence-corrected chi connectivity index (χ1v) is 10.1. The lowest BCUT2D eigenvalue weighted by atomic mass is 10.2. The highest BCUT2D eigenvalue weighted by molar-refractivity contribution is 5.85. The molecule has 2 atom stereocenters. The van der Waals surface area contributed by atoms with Gasteiger partial charge in [0.05, 0.1) is 0 Å². The van der Waals surface area contributed by atoms with Crippen LogP contribution in [0.1, 0.15) is 0 Å². The van der Waals surface area contributed by atoms with Gasteiger partial charge in [0.2, 0.25) is 0 Å². The second-order valence-electron chi connectivity index (χ2n) is 7.60. The van der Waals surface area contributed by atoms with Crippen molar-refractivity contribution in [3.8, 4) is 23.0 Å². The van der Waals surface area contributed by atoms with Crippen molar-refractivity contribution in [3.63, 3.8) is 0 Å². The highest BCUT2D eigenvalue weighted by Gasteiger charge is 2.28. The molecule has 0 saturated carbocycles. The van der Waals surface area contributed by atoms with Gasteiger partial charge in [-0.15, -0.1) is 12.4 Å². The van der Waals surface area contributed by atoms with Crippen LogP contribution >= 0.6 is 12.4 Å². The van der Waals surface area contributed by atoms with Crippen molar-refractivity contribution in [3.05, 3.63) is 48.5 Å². The van der Waals surface area contributed by atoms with Gasteiger partial charge in [0.15, 0.2) is 23.0 Å². The maximum atomic E-state index is 6.10. The summed E-state index contributed by atoms with van der Waals surface area (Å²) in [6.45, 7) is 7.17. The monoisotopic (exact) mass is 418 g/mol. The molecule has 0 N–H and O–H groups in total. The van der Waals surface area contributed by atoms with Gasteiger partial charge in [0.25, 0.3) is 0 Å². The number of hydrogen-bond acceptors (Lipinski definition) is 6. The zero-order valence-electron chi connectivity index (χ0n) is 16.4. The standard InChI is InChI=1S/C22H26N2O4.ClH/c1-3-7-21-19(5-1)25-15-17(27-21)13-23-9-11-24(12-10-23)14-18-16-26-20-6-2-4-8-22(20)28-18;/h1-8,17-18H,9-16H2;1H. The second kappa shape index (κ2) is 9.11. The zero-order chi connectivity index (χ0) is 18.8. The SMILES string of the molecule is Cl.c1ccc2c(c1)OCC(CN1CCN(CC3COc4ccccc4O3)CC1)O2. The molecule has 0 amide bonds. The van der Waals surface area contributed by atoms with E-state index < -0.39 is 0 Å². The molecule has 0 aromatic heterocycles. The third-order valence-corrected chi connectivity index (χ3v) is 5.52. The molecular formula is C22H27ClN2O4. The fourth-order valence-electron chi connectivity index (χ4n) is 4.04. The van der Waals surface area contributed by atoms with Crippen molar-refractivity contribution in [1.82, 2.24) is 9.80 Å². The predicted octanol–water partition coefficient (Wildman–Crippen LogP) is 2.71. The van der Waals surface area contributed by atoms with Crippen LogP contribution in [0.15, 0.2) is 48.5 Å². The van der Waals surface area contributed by atoms with Gasteiger partial charge in [-0.05, 0) is 24.3 Å². The lowest BCUT2D eigenvalue weighted by molar-refractivity contribution is 0.0201. The fraction of sp³-hybridized carbons (Fsp3) is 0.455. The van der Waals surface area contributed by atoms with Crippen LogP contribution in [0, 0.1) is 0 Å². The van der Waals surface area contributed by atoms with Gasteiger partial charge in [-0.1, -0.05) is 24.3 Å². The van der Waals surface area contributed by atoms with Crippen molar-refractivity contribution in [2.45, 2.75) is 12.2 Å². The van der Waals surface area contributed by atoms with E-state index >= 15 is 0 Å². The van der Waals surface area contributed by atoms with Gasteiger partial charge < -0.3 is 18.9 Å². The number of benzene rings is 2. The van der Waals surface area contributed by atoms with E-state index in [2.05, 4.69) is 9.80 Å². The number of halogens is 1. The Bertz CT molecular complexity index is 745. The molecule has 3 heterocycles. The molecule has 3 aliphatic heterocycles. The van der Waals surface area contributed by atoms with Gasteiger partial charge in [0.1, 0.15) is 25.4 Å². The van der Waals surface area contributed by atoms with Crippen LogP contribution in [0.5, 0.6) is 23.0 Å². The molecular weight excluding hydrogens is 392 g/mol. The first kappa shape index (κ1) is 20.1. The summed E-state index contributed by atoms with van der Waals surface area (Å²) in [7, 11) is 0. The van der Waals surface area contributed by atoms with Crippen LogP contribution in [-0.2, 0) is 0 Å². The molecule has 7 heteroatoms. The van der Waals surface area contributed by atoms with E-state index in [1.807, 2.05) is 48.5 Å². The maximum Gasteiger partial charge on any atom is 0.161 e. The van der Waals surface area contributed by atoms with Crippen molar-refractivity contribution in [1.29, 1.82) is 0 Å². The summed E-state index contributed by atoms with van der Waals surface area (Å²) < 4.78 is 23.9. The molecule has 0 spiro atoms.